The van der Waals surface area contributed by atoms with Gasteiger partial charge in [0.25, 0.3) is 5.91 Å². The lowest BCUT2D eigenvalue weighted by molar-refractivity contribution is 0.103. The molecule has 6 heteroatoms. The topological polar surface area (TPSA) is 57.3 Å². The smallest absolute Gasteiger partial charge is 0.266 e. The second kappa shape index (κ2) is 7.14. The Balaban J connectivity index is 1.63. The fraction of sp³-hybridized carbons (Fsp3) is 0.111. The summed E-state index contributed by atoms with van der Waals surface area (Å²) in [6, 6.07) is 15.4. The van der Waals surface area contributed by atoms with Crippen molar-refractivity contribution in [1.82, 2.24) is 4.98 Å². The summed E-state index contributed by atoms with van der Waals surface area (Å²) < 4.78 is 0. The Morgan fingerprint density at radius 2 is 1.79 bits per heavy atom. The van der Waals surface area contributed by atoms with Crippen molar-refractivity contribution in [3.63, 3.8) is 0 Å². The molecule has 2 aromatic heterocycles. The van der Waals surface area contributed by atoms with Gasteiger partial charge < -0.3 is 15.5 Å². The van der Waals surface area contributed by atoms with E-state index >= 15 is 0 Å². The highest BCUT2D eigenvalue weighted by atomic mass is 32.1. The van der Waals surface area contributed by atoms with Crippen LogP contribution >= 0.6 is 11.3 Å². The van der Waals surface area contributed by atoms with Crippen molar-refractivity contribution in [3.8, 4) is 0 Å². The highest BCUT2D eigenvalue weighted by molar-refractivity contribution is 7.12. The molecule has 2 heterocycles. The maximum absolute atomic E-state index is 12.0. The monoisotopic (exact) mass is 338 g/mol. The van der Waals surface area contributed by atoms with Crippen molar-refractivity contribution < 1.29 is 4.79 Å². The SMILES string of the molecule is CN(C)c1ccc(Nc2ccc(NC(=O)c3cccs3)nc2)cc1. The number of aromatic nitrogens is 1. The van der Waals surface area contributed by atoms with Crippen molar-refractivity contribution in [1.29, 1.82) is 0 Å². The summed E-state index contributed by atoms with van der Waals surface area (Å²) in [5.74, 6) is 0.388. The van der Waals surface area contributed by atoms with E-state index < -0.39 is 0 Å². The Bertz CT molecular complexity index is 796. The van der Waals surface area contributed by atoms with E-state index in [9.17, 15) is 4.79 Å². The van der Waals surface area contributed by atoms with Crippen molar-refractivity contribution >= 4 is 40.1 Å². The van der Waals surface area contributed by atoms with Crippen LogP contribution < -0.4 is 15.5 Å². The molecule has 3 rings (SSSR count). The fourth-order valence-corrected chi connectivity index (χ4v) is 2.76. The summed E-state index contributed by atoms with van der Waals surface area (Å²) in [6.45, 7) is 0. The van der Waals surface area contributed by atoms with Gasteiger partial charge in [-0.1, -0.05) is 6.07 Å². The van der Waals surface area contributed by atoms with E-state index in [1.807, 2.05) is 55.9 Å². The van der Waals surface area contributed by atoms with Gasteiger partial charge in [0.1, 0.15) is 5.82 Å². The fourth-order valence-electron chi connectivity index (χ4n) is 2.14. The van der Waals surface area contributed by atoms with Gasteiger partial charge >= 0.3 is 0 Å². The van der Waals surface area contributed by atoms with Crippen LogP contribution in [-0.4, -0.2) is 25.0 Å². The standard InChI is InChI=1S/C18H18N4OS/c1-22(2)15-8-5-13(6-9-15)20-14-7-10-17(19-12-14)21-18(23)16-4-3-11-24-16/h3-12,20H,1-2H3,(H,19,21,23). The van der Waals surface area contributed by atoms with Crippen molar-refractivity contribution in [2.24, 2.45) is 0 Å². The first-order chi connectivity index (χ1) is 11.6. The molecule has 0 spiro atoms. The molecule has 1 amide bonds. The molecule has 0 fully saturated rings. The number of thiophene rings is 1. The summed E-state index contributed by atoms with van der Waals surface area (Å²) in [6.07, 6.45) is 1.70. The molecule has 1 aromatic carbocycles. The first-order valence-corrected chi connectivity index (χ1v) is 8.35. The van der Waals surface area contributed by atoms with Gasteiger partial charge in [-0.25, -0.2) is 4.98 Å². The van der Waals surface area contributed by atoms with E-state index in [2.05, 4.69) is 20.5 Å². The van der Waals surface area contributed by atoms with Gasteiger partial charge in [0, 0.05) is 25.5 Å². The van der Waals surface area contributed by atoms with Crippen LogP contribution in [0.2, 0.25) is 0 Å². The Hall–Kier alpha value is -2.86. The molecule has 0 aliphatic carbocycles. The summed E-state index contributed by atoms with van der Waals surface area (Å²) >= 11 is 1.40. The Morgan fingerprint density at radius 3 is 2.38 bits per heavy atom. The largest absolute Gasteiger partial charge is 0.378 e. The molecule has 5 nitrogen and oxygen atoms in total. The molecule has 0 atom stereocenters. The van der Waals surface area contributed by atoms with Crippen LogP contribution in [0.3, 0.4) is 0 Å². The Kier molecular flexibility index (Phi) is 4.77. The third-order valence-corrected chi connectivity index (χ3v) is 4.29. The first-order valence-electron chi connectivity index (χ1n) is 7.47. The lowest BCUT2D eigenvalue weighted by atomic mass is 10.2. The van der Waals surface area contributed by atoms with E-state index in [0.29, 0.717) is 10.7 Å². The predicted octanol–water partition coefficient (Wildman–Crippen LogP) is 4.21. The summed E-state index contributed by atoms with van der Waals surface area (Å²) in [5.41, 5.74) is 2.99. The number of carbonyl (C=O) groups is 1. The van der Waals surface area contributed by atoms with E-state index in [0.717, 1.165) is 17.1 Å². The molecule has 0 saturated heterocycles. The van der Waals surface area contributed by atoms with Gasteiger partial charge in [0.05, 0.1) is 16.8 Å². The van der Waals surface area contributed by atoms with Crippen LogP contribution in [0.5, 0.6) is 0 Å². The zero-order valence-electron chi connectivity index (χ0n) is 13.5. The molecule has 0 saturated carbocycles. The van der Waals surface area contributed by atoms with Gasteiger partial charge in [-0.3, -0.25) is 4.79 Å². The minimum Gasteiger partial charge on any atom is -0.378 e. The van der Waals surface area contributed by atoms with Crippen LogP contribution in [0.4, 0.5) is 22.9 Å². The second-order valence-corrected chi connectivity index (χ2v) is 6.38. The van der Waals surface area contributed by atoms with Crippen molar-refractivity contribution in [3.05, 3.63) is 65.0 Å². The quantitative estimate of drug-likeness (QED) is 0.732. The normalized spacial score (nSPS) is 10.2. The number of nitrogens with one attached hydrogen (secondary N) is 2. The molecule has 0 aliphatic heterocycles. The number of nitrogens with zero attached hydrogens (tertiary/aromatic N) is 2. The first kappa shape index (κ1) is 16.0. The minimum absolute atomic E-state index is 0.141. The number of rotatable bonds is 5. The summed E-state index contributed by atoms with van der Waals surface area (Å²) in [5, 5.41) is 7.94. The highest BCUT2D eigenvalue weighted by Crippen LogP contribution is 2.20. The molecule has 0 aliphatic rings. The molecule has 24 heavy (non-hydrogen) atoms. The zero-order valence-corrected chi connectivity index (χ0v) is 14.3. The molecule has 122 valence electrons. The van der Waals surface area contributed by atoms with Crippen LogP contribution in [0.15, 0.2) is 60.1 Å². The van der Waals surface area contributed by atoms with E-state index in [4.69, 9.17) is 0 Å². The lowest BCUT2D eigenvalue weighted by Gasteiger charge is -2.13. The lowest BCUT2D eigenvalue weighted by Crippen LogP contribution is -2.11. The molecule has 0 bridgehead atoms. The summed E-state index contributed by atoms with van der Waals surface area (Å²) in [4.78, 5) is 19.0. The third kappa shape index (κ3) is 3.91. The van der Waals surface area contributed by atoms with Crippen LogP contribution in [0.25, 0.3) is 0 Å². The van der Waals surface area contributed by atoms with E-state index in [1.54, 1.807) is 18.3 Å². The maximum atomic E-state index is 12.0. The van der Waals surface area contributed by atoms with Crippen molar-refractivity contribution in [2.45, 2.75) is 0 Å². The average Bonchev–Trinajstić information content (AvgIpc) is 3.12. The number of carbonyl (C=O) groups excluding carboxylic acids is 1. The number of hydrogen-bond donors (Lipinski definition) is 2. The van der Waals surface area contributed by atoms with Crippen LogP contribution in [-0.2, 0) is 0 Å². The van der Waals surface area contributed by atoms with Crippen molar-refractivity contribution in [2.75, 3.05) is 29.6 Å². The zero-order chi connectivity index (χ0) is 16.9. The van der Waals surface area contributed by atoms with Gasteiger partial charge in [0.15, 0.2) is 0 Å². The number of amides is 1. The number of benzene rings is 1. The van der Waals surface area contributed by atoms with Gasteiger partial charge in [-0.2, -0.15) is 0 Å². The number of anilines is 4. The highest BCUT2D eigenvalue weighted by Gasteiger charge is 2.07. The van der Waals surface area contributed by atoms with Gasteiger partial charge in [0.2, 0.25) is 0 Å². The van der Waals surface area contributed by atoms with E-state index in [-0.39, 0.29) is 5.91 Å². The number of pyridine rings is 1. The van der Waals surface area contributed by atoms with Crippen LogP contribution in [0, 0.1) is 0 Å². The average molecular weight is 338 g/mol. The summed E-state index contributed by atoms with van der Waals surface area (Å²) in [7, 11) is 4.02. The molecule has 2 N–H and O–H groups in total. The Labute approximate surface area is 145 Å². The second-order valence-electron chi connectivity index (χ2n) is 5.43. The van der Waals surface area contributed by atoms with Gasteiger partial charge in [-0.15, -0.1) is 11.3 Å². The maximum Gasteiger partial charge on any atom is 0.266 e. The molecular formula is C18H18N4OS. The Morgan fingerprint density at radius 1 is 1.04 bits per heavy atom. The molecule has 0 unspecified atom stereocenters. The van der Waals surface area contributed by atoms with Gasteiger partial charge in [-0.05, 0) is 47.8 Å². The molecule has 0 radical (unpaired) electrons. The predicted molar refractivity (Wildman–Crippen MR) is 101 cm³/mol. The van der Waals surface area contributed by atoms with Crippen LogP contribution in [0.1, 0.15) is 9.67 Å². The molecular weight excluding hydrogens is 320 g/mol. The number of hydrogen-bond acceptors (Lipinski definition) is 5. The third-order valence-electron chi connectivity index (χ3n) is 3.42. The van der Waals surface area contributed by atoms with E-state index in [1.165, 1.54) is 11.3 Å². The molecule has 3 aromatic rings. The minimum atomic E-state index is -0.141.